The van der Waals surface area contributed by atoms with Gasteiger partial charge >= 0.3 is 0 Å². The van der Waals surface area contributed by atoms with Crippen LogP contribution in [0.25, 0.3) is 0 Å². The largest absolute Gasteiger partial charge is 0.383 e. The van der Waals surface area contributed by atoms with Gasteiger partial charge in [0, 0.05) is 29.4 Å². The molecule has 1 amide bonds. The molecule has 1 atom stereocenters. The number of piperidine rings is 1. The molecule has 1 saturated heterocycles. The van der Waals surface area contributed by atoms with Crippen molar-refractivity contribution in [1.82, 2.24) is 5.32 Å². The standard InChI is InChI=1S/C14H20FN3O/c1-9-12(15)6-10(14(16)19)7-13(9)18-8-11-4-2-3-5-17-11/h6-7,11,17-18H,2-5,8H2,1H3,(H2,16,19). The van der Waals surface area contributed by atoms with Crippen LogP contribution < -0.4 is 16.4 Å². The van der Waals surface area contributed by atoms with Crippen molar-refractivity contribution in [3.63, 3.8) is 0 Å². The van der Waals surface area contributed by atoms with Gasteiger partial charge in [-0.05, 0) is 38.4 Å². The molecule has 5 heteroatoms. The summed E-state index contributed by atoms with van der Waals surface area (Å²) < 4.78 is 13.7. The van der Waals surface area contributed by atoms with Crippen LogP contribution in [0, 0.1) is 12.7 Å². The van der Waals surface area contributed by atoms with Crippen molar-refractivity contribution in [1.29, 1.82) is 0 Å². The first-order valence-corrected chi connectivity index (χ1v) is 6.65. The Morgan fingerprint density at radius 2 is 2.32 bits per heavy atom. The Kier molecular flexibility index (Phi) is 4.37. The Morgan fingerprint density at radius 1 is 1.53 bits per heavy atom. The molecule has 1 aliphatic heterocycles. The van der Waals surface area contributed by atoms with E-state index in [1.807, 2.05) is 0 Å². The van der Waals surface area contributed by atoms with Gasteiger partial charge in [-0.2, -0.15) is 0 Å². The molecule has 1 aromatic rings. The first-order valence-electron chi connectivity index (χ1n) is 6.65. The lowest BCUT2D eigenvalue weighted by atomic mass is 10.0. The van der Waals surface area contributed by atoms with Crippen LogP contribution in [0.15, 0.2) is 12.1 Å². The molecule has 1 fully saturated rings. The van der Waals surface area contributed by atoms with Crippen molar-refractivity contribution in [3.8, 4) is 0 Å². The van der Waals surface area contributed by atoms with Crippen LogP contribution >= 0.6 is 0 Å². The van der Waals surface area contributed by atoms with E-state index >= 15 is 0 Å². The van der Waals surface area contributed by atoms with E-state index in [4.69, 9.17) is 5.73 Å². The number of halogens is 1. The maximum Gasteiger partial charge on any atom is 0.248 e. The number of nitrogens with one attached hydrogen (secondary N) is 2. The van der Waals surface area contributed by atoms with Crippen molar-refractivity contribution in [2.24, 2.45) is 5.73 Å². The summed E-state index contributed by atoms with van der Waals surface area (Å²) in [6.45, 7) is 3.44. The molecular weight excluding hydrogens is 245 g/mol. The number of nitrogens with two attached hydrogens (primary N) is 1. The highest BCUT2D eigenvalue weighted by molar-refractivity contribution is 5.94. The second-order valence-electron chi connectivity index (χ2n) is 5.02. The van der Waals surface area contributed by atoms with E-state index in [1.165, 1.54) is 18.9 Å². The molecule has 0 radical (unpaired) electrons. The minimum Gasteiger partial charge on any atom is -0.383 e. The quantitative estimate of drug-likeness (QED) is 0.777. The fourth-order valence-electron chi connectivity index (χ4n) is 2.34. The monoisotopic (exact) mass is 265 g/mol. The molecule has 0 saturated carbocycles. The highest BCUT2D eigenvalue weighted by Crippen LogP contribution is 2.21. The molecule has 1 heterocycles. The number of carbonyl (C=O) groups is 1. The summed E-state index contributed by atoms with van der Waals surface area (Å²) in [7, 11) is 0. The Balaban J connectivity index is 2.08. The SMILES string of the molecule is Cc1c(F)cc(C(N)=O)cc1NCC1CCCCN1. The zero-order chi connectivity index (χ0) is 13.8. The van der Waals surface area contributed by atoms with Gasteiger partial charge in [-0.3, -0.25) is 4.79 Å². The van der Waals surface area contributed by atoms with E-state index < -0.39 is 11.7 Å². The molecule has 1 aliphatic rings. The van der Waals surface area contributed by atoms with Gasteiger partial charge in [0.15, 0.2) is 0 Å². The molecule has 0 bridgehead atoms. The first-order chi connectivity index (χ1) is 9.08. The van der Waals surface area contributed by atoms with Crippen LogP contribution in [-0.2, 0) is 0 Å². The number of hydrogen-bond acceptors (Lipinski definition) is 3. The summed E-state index contributed by atoms with van der Waals surface area (Å²) in [6, 6.07) is 3.19. The van der Waals surface area contributed by atoms with Crippen molar-refractivity contribution in [2.75, 3.05) is 18.4 Å². The topological polar surface area (TPSA) is 67.2 Å². The lowest BCUT2D eigenvalue weighted by Crippen LogP contribution is -2.39. The summed E-state index contributed by atoms with van der Waals surface area (Å²) >= 11 is 0. The molecule has 0 aliphatic carbocycles. The van der Waals surface area contributed by atoms with Gasteiger partial charge in [0.2, 0.25) is 5.91 Å². The molecule has 19 heavy (non-hydrogen) atoms. The van der Waals surface area contributed by atoms with E-state index in [-0.39, 0.29) is 5.56 Å². The summed E-state index contributed by atoms with van der Waals surface area (Å²) in [5.41, 5.74) is 6.55. The molecule has 1 aromatic carbocycles. The zero-order valence-electron chi connectivity index (χ0n) is 11.1. The van der Waals surface area contributed by atoms with E-state index in [2.05, 4.69) is 10.6 Å². The molecule has 0 aromatic heterocycles. The smallest absolute Gasteiger partial charge is 0.248 e. The van der Waals surface area contributed by atoms with E-state index in [0.29, 0.717) is 17.3 Å². The predicted octanol–water partition coefficient (Wildman–Crippen LogP) is 1.79. The average molecular weight is 265 g/mol. The number of amides is 1. The molecule has 4 nitrogen and oxygen atoms in total. The van der Waals surface area contributed by atoms with E-state index in [1.54, 1.807) is 13.0 Å². The van der Waals surface area contributed by atoms with Crippen molar-refractivity contribution < 1.29 is 9.18 Å². The minimum absolute atomic E-state index is 0.196. The predicted molar refractivity (Wildman–Crippen MR) is 73.8 cm³/mol. The number of benzene rings is 1. The van der Waals surface area contributed by atoms with Crippen LogP contribution in [-0.4, -0.2) is 25.0 Å². The summed E-state index contributed by atoms with van der Waals surface area (Å²) in [6.07, 6.45) is 3.54. The minimum atomic E-state index is -0.613. The summed E-state index contributed by atoms with van der Waals surface area (Å²) in [5.74, 6) is -1.02. The third-order valence-electron chi connectivity index (χ3n) is 3.58. The fourth-order valence-corrected chi connectivity index (χ4v) is 2.34. The van der Waals surface area contributed by atoms with Crippen LogP contribution in [0.1, 0.15) is 35.2 Å². The van der Waals surface area contributed by atoms with Crippen molar-refractivity contribution in [3.05, 3.63) is 29.1 Å². The normalized spacial score (nSPS) is 19.2. The third kappa shape index (κ3) is 3.44. The molecule has 1 unspecified atom stereocenters. The highest BCUT2D eigenvalue weighted by Gasteiger charge is 2.14. The second kappa shape index (κ2) is 6.02. The van der Waals surface area contributed by atoms with Crippen molar-refractivity contribution >= 4 is 11.6 Å². The summed E-state index contributed by atoms with van der Waals surface area (Å²) in [5, 5.41) is 6.62. The number of hydrogen-bond donors (Lipinski definition) is 3. The lowest BCUT2D eigenvalue weighted by Gasteiger charge is -2.24. The van der Waals surface area contributed by atoms with Gasteiger partial charge in [0.1, 0.15) is 5.82 Å². The van der Waals surface area contributed by atoms with Crippen LogP contribution in [0.2, 0.25) is 0 Å². The highest BCUT2D eigenvalue weighted by atomic mass is 19.1. The fraction of sp³-hybridized carbons (Fsp3) is 0.500. The van der Waals surface area contributed by atoms with E-state index in [9.17, 15) is 9.18 Å². The second-order valence-corrected chi connectivity index (χ2v) is 5.02. The van der Waals surface area contributed by atoms with Gasteiger partial charge in [-0.1, -0.05) is 6.42 Å². The zero-order valence-corrected chi connectivity index (χ0v) is 11.1. The maximum atomic E-state index is 13.7. The maximum absolute atomic E-state index is 13.7. The molecular formula is C14H20FN3O. The number of carbonyl (C=O) groups excluding carboxylic acids is 1. The number of anilines is 1. The van der Waals surface area contributed by atoms with Crippen molar-refractivity contribution in [2.45, 2.75) is 32.2 Å². The molecule has 2 rings (SSSR count). The lowest BCUT2D eigenvalue weighted by molar-refractivity contribution is 0.1000. The molecule has 104 valence electrons. The Hall–Kier alpha value is -1.62. The van der Waals surface area contributed by atoms with E-state index in [0.717, 1.165) is 19.5 Å². The van der Waals surface area contributed by atoms with Gasteiger partial charge in [0.25, 0.3) is 0 Å². The van der Waals surface area contributed by atoms with Crippen LogP contribution in [0.5, 0.6) is 0 Å². The van der Waals surface area contributed by atoms with Gasteiger partial charge in [-0.25, -0.2) is 4.39 Å². The average Bonchev–Trinajstić information content (AvgIpc) is 2.41. The first kappa shape index (κ1) is 13.8. The summed E-state index contributed by atoms with van der Waals surface area (Å²) in [4.78, 5) is 11.1. The molecule has 4 N–H and O–H groups in total. The number of rotatable bonds is 4. The molecule has 0 spiro atoms. The Labute approximate surface area is 112 Å². The van der Waals surface area contributed by atoms with Crippen LogP contribution in [0.3, 0.4) is 0 Å². The van der Waals surface area contributed by atoms with Gasteiger partial charge in [0.05, 0.1) is 0 Å². The Bertz CT molecular complexity index is 470. The number of primary amides is 1. The van der Waals surface area contributed by atoms with Gasteiger partial charge in [-0.15, -0.1) is 0 Å². The van der Waals surface area contributed by atoms with Crippen LogP contribution in [0.4, 0.5) is 10.1 Å². The van der Waals surface area contributed by atoms with Gasteiger partial charge < -0.3 is 16.4 Å². The third-order valence-corrected chi connectivity index (χ3v) is 3.58. The Morgan fingerprint density at radius 3 is 2.95 bits per heavy atom.